The van der Waals surface area contributed by atoms with E-state index >= 15 is 0 Å². The van der Waals surface area contributed by atoms with Crippen LogP contribution in [0.25, 0.3) is 0 Å². The summed E-state index contributed by atoms with van der Waals surface area (Å²) in [5.74, 6) is 0.999. The fourth-order valence-corrected chi connectivity index (χ4v) is 2.93. The molecule has 2 aromatic carbocycles. The van der Waals surface area contributed by atoms with Crippen LogP contribution in [0.3, 0.4) is 0 Å². The van der Waals surface area contributed by atoms with Crippen LogP contribution in [0.15, 0.2) is 60.7 Å². The van der Waals surface area contributed by atoms with Gasteiger partial charge in [0.1, 0.15) is 5.75 Å². The largest absolute Gasteiger partial charge is 0.490 e. The molecule has 0 aliphatic carbocycles. The monoisotopic (exact) mass is 281 g/mol. The van der Waals surface area contributed by atoms with Gasteiger partial charge in [0.15, 0.2) is 0 Å². The summed E-state index contributed by atoms with van der Waals surface area (Å²) in [4.78, 5) is 2.55. The fourth-order valence-electron chi connectivity index (χ4n) is 2.93. The third kappa shape index (κ3) is 4.33. The first kappa shape index (κ1) is 14.2. The van der Waals surface area contributed by atoms with Crippen LogP contribution < -0.4 is 4.74 Å². The molecule has 0 spiro atoms. The molecular weight excluding hydrogens is 258 g/mol. The topological polar surface area (TPSA) is 12.5 Å². The second-order valence-corrected chi connectivity index (χ2v) is 5.75. The summed E-state index contributed by atoms with van der Waals surface area (Å²) in [6.45, 7) is 3.34. The van der Waals surface area contributed by atoms with E-state index in [4.69, 9.17) is 4.74 Å². The molecule has 0 radical (unpaired) electrons. The normalized spacial score (nSPS) is 19.9. The first-order chi connectivity index (χ1) is 10.4. The van der Waals surface area contributed by atoms with Crippen LogP contribution >= 0.6 is 0 Å². The molecular formula is C19H23NO. The molecule has 0 saturated carbocycles. The highest BCUT2D eigenvalue weighted by Gasteiger charge is 2.18. The summed E-state index contributed by atoms with van der Waals surface area (Å²) in [6.07, 6.45) is 3.83. The van der Waals surface area contributed by atoms with Gasteiger partial charge in [-0.2, -0.15) is 0 Å². The van der Waals surface area contributed by atoms with Gasteiger partial charge in [-0.3, -0.25) is 4.90 Å². The lowest BCUT2D eigenvalue weighted by molar-refractivity contribution is 0.179. The van der Waals surface area contributed by atoms with Gasteiger partial charge < -0.3 is 4.74 Å². The number of para-hydroxylation sites is 1. The summed E-state index contributed by atoms with van der Waals surface area (Å²) >= 11 is 0. The minimum atomic E-state index is 0.355. The van der Waals surface area contributed by atoms with Gasteiger partial charge in [0, 0.05) is 13.1 Å². The lowest BCUT2D eigenvalue weighted by Gasteiger charge is -2.20. The van der Waals surface area contributed by atoms with Crippen LogP contribution in [-0.2, 0) is 6.54 Å². The van der Waals surface area contributed by atoms with Crippen molar-refractivity contribution in [2.24, 2.45) is 0 Å². The number of likely N-dealkylation sites (tertiary alicyclic amines) is 1. The number of nitrogens with zero attached hydrogens (tertiary/aromatic N) is 1. The second-order valence-electron chi connectivity index (χ2n) is 5.75. The van der Waals surface area contributed by atoms with E-state index in [1.165, 1.54) is 18.5 Å². The van der Waals surface area contributed by atoms with E-state index < -0.39 is 0 Å². The Kier molecular flexibility index (Phi) is 4.90. The Hall–Kier alpha value is -1.80. The van der Waals surface area contributed by atoms with E-state index in [9.17, 15) is 0 Å². The van der Waals surface area contributed by atoms with E-state index in [1.807, 2.05) is 30.3 Å². The highest BCUT2D eigenvalue weighted by atomic mass is 16.5. The molecule has 0 aromatic heterocycles. The third-order valence-electron chi connectivity index (χ3n) is 4.06. The fraction of sp³-hybridized carbons (Fsp3) is 0.368. The van der Waals surface area contributed by atoms with Gasteiger partial charge in [-0.15, -0.1) is 0 Å². The molecule has 0 N–H and O–H groups in total. The zero-order valence-electron chi connectivity index (χ0n) is 12.4. The highest BCUT2D eigenvalue weighted by Crippen LogP contribution is 2.19. The summed E-state index contributed by atoms with van der Waals surface area (Å²) in [7, 11) is 0. The molecule has 1 atom stereocenters. The smallest absolute Gasteiger partial charge is 0.119 e. The zero-order chi connectivity index (χ0) is 14.3. The van der Waals surface area contributed by atoms with Crippen molar-refractivity contribution in [2.45, 2.75) is 31.9 Å². The number of hydrogen-bond acceptors (Lipinski definition) is 2. The number of ether oxygens (including phenoxy) is 1. The average Bonchev–Trinajstić information content (AvgIpc) is 2.75. The van der Waals surface area contributed by atoms with Crippen molar-refractivity contribution in [1.82, 2.24) is 4.90 Å². The molecule has 2 aromatic rings. The van der Waals surface area contributed by atoms with Crippen molar-refractivity contribution in [1.29, 1.82) is 0 Å². The van der Waals surface area contributed by atoms with Crippen LogP contribution in [0.4, 0.5) is 0 Å². The lowest BCUT2D eigenvalue weighted by atomic mass is 10.1. The predicted octanol–water partition coefficient (Wildman–Crippen LogP) is 4.12. The van der Waals surface area contributed by atoms with Gasteiger partial charge in [0.2, 0.25) is 0 Å². The van der Waals surface area contributed by atoms with Crippen LogP contribution in [0, 0.1) is 0 Å². The summed E-state index contributed by atoms with van der Waals surface area (Å²) < 4.78 is 6.11. The van der Waals surface area contributed by atoms with Crippen molar-refractivity contribution < 1.29 is 4.74 Å². The van der Waals surface area contributed by atoms with Gasteiger partial charge >= 0.3 is 0 Å². The van der Waals surface area contributed by atoms with E-state index in [-0.39, 0.29) is 0 Å². The van der Waals surface area contributed by atoms with Crippen molar-refractivity contribution in [3.63, 3.8) is 0 Å². The first-order valence-electron chi connectivity index (χ1n) is 7.88. The molecule has 3 rings (SSSR count). The second kappa shape index (κ2) is 7.28. The molecule has 110 valence electrons. The molecule has 1 fully saturated rings. The molecule has 1 aliphatic rings. The van der Waals surface area contributed by atoms with Crippen molar-refractivity contribution in [3.8, 4) is 5.75 Å². The van der Waals surface area contributed by atoms with E-state index in [0.29, 0.717) is 6.10 Å². The summed E-state index contributed by atoms with van der Waals surface area (Å²) in [5.41, 5.74) is 1.40. The predicted molar refractivity (Wildman–Crippen MR) is 86.4 cm³/mol. The Bertz CT molecular complexity index is 476. The van der Waals surface area contributed by atoms with Gasteiger partial charge in [0.25, 0.3) is 0 Å². The maximum Gasteiger partial charge on any atom is 0.119 e. The third-order valence-corrected chi connectivity index (χ3v) is 4.06. The molecule has 0 bridgehead atoms. The van der Waals surface area contributed by atoms with Crippen LogP contribution in [0.5, 0.6) is 5.75 Å². The Morgan fingerprint density at radius 3 is 2.33 bits per heavy atom. The molecule has 1 heterocycles. The van der Waals surface area contributed by atoms with E-state index in [0.717, 1.165) is 31.7 Å². The van der Waals surface area contributed by atoms with Crippen LogP contribution in [-0.4, -0.2) is 24.1 Å². The molecule has 0 amide bonds. The van der Waals surface area contributed by atoms with Gasteiger partial charge in [0.05, 0.1) is 6.10 Å². The number of rotatable bonds is 4. The minimum absolute atomic E-state index is 0.355. The lowest BCUT2D eigenvalue weighted by Crippen LogP contribution is -2.25. The Morgan fingerprint density at radius 2 is 1.57 bits per heavy atom. The summed E-state index contributed by atoms with van der Waals surface area (Å²) in [5, 5.41) is 0. The summed E-state index contributed by atoms with van der Waals surface area (Å²) in [6, 6.07) is 20.9. The van der Waals surface area contributed by atoms with Crippen molar-refractivity contribution in [2.75, 3.05) is 13.1 Å². The van der Waals surface area contributed by atoms with E-state index in [2.05, 4.69) is 35.2 Å². The van der Waals surface area contributed by atoms with Crippen molar-refractivity contribution >= 4 is 0 Å². The highest BCUT2D eigenvalue weighted by molar-refractivity contribution is 5.21. The minimum Gasteiger partial charge on any atom is -0.490 e. The molecule has 1 aliphatic heterocycles. The first-order valence-corrected chi connectivity index (χ1v) is 7.88. The number of hydrogen-bond donors (Lipinski definition) is 0. The molecule has 2 nitrogen and oxygen atoms in total. The standard InChI is InChI=1S/C19H23NO/c1-3-8-17(9-4-1)16-20-14-7-12-19(13-15-20)21-18-10-5-2-6-11-18/h1-6,8-11,19H,7,12-16H2. The maximum absolute atomic E-state index is 6.11. The molecule has 1 unspecified atom stereocenters. The molecule has 1 saturated heterocycles. The average molecular weight is 281 g/mol. The van der Waals surface area contributed by atoms with Gasteiger partial charge in [-0.05, 0) is 43.5 Å². The quantitative estimate of drug-likeness (QED) is 0.836. The maximum atomic E-state index is 6.11. The van der Waals surface area contributed by atoms with Gasteiger partial charge in [-0.1, -0.05) is 48.5 Å². The van der Waals surface area contributed by atoms with Crippen LogP contribution in [0.2, 0.25) is 0 Å². The Morgan fingerprint density at radius 1 is 0.857 bits per heavy atom. The molecule has 21 heavy (non-hydrogen) atoms. The Labute approximate surface area is 127 Å². The van der Waals surface area contributed by atoms with Crippen molar-refractivity contribution in [3.05, 3.63) is 66.2 Å². The number of benzene rings is 2. The van der Waals surface area contributed by atoms with E-state index in [1.54, 1.807) is 0 Å². The molecule has 2 heteroatoms. The SMILES string of the molecule is c1ccc(CN2CCCC(Oc3ccccc3)CC2)cc1. The van der Waals surface area contributed by atoms with Crippen LogP contribution in [0.1, 0.15) is 24.8 Å². The zero-order valence-corrected chi connectivity index (χ0v) is 12.4. The van der Waals surface area contributed by atoms with Gasteiger partial charge in [-0.25, -0.2) is 0 Å². The Balaban J connectivity index is 1.52.